The Hall–Kier alpha value is -2.56. The number of hydrazone groups is 1. The summed E-state index contributed by atoms with van der Waals surface area (Å²) in [6.45, 7) is 0. The number of hydrogen-bond donors (Lipinski definition) is 1. The molecule has 2 aromatic rings. The Morgan fingerprint density at radius 3 is 3.00 bits per heavy atom. The van der Waals surface area contributed by atoms with Crippen LogP contribution in [0, 0.1) is 0 Å². The van der Waals surface area contributed by atoms with Gasteiger partial charge in [-0.25, -0.2) is 5.43 Å². The van der Waals surface area contributed by atoms with Crippen LogP contribution in [0.25, 0.3) is 17.0 Å². The SMILES string of the molecule is Cn1cc(/C=C2\C(=O)NN=C2OC2CC2)c2ccccc21. The Morgan fingerprint density at radius 2 is 2.19 bits per heavy atom. The first kappa shape index (κ1) is 12.2. The molecule has 0 unspecified atom stereocenters. The van der Waals surface area contributed by atoms with Crippen molar-refractivity contribution in [1.29, 1.82) is 0 Å². The number of para-hydroxylation sites is 1. The van der Waals surface area contributed by atoms with Crippen molar-refractivity contribution in [3.8, 4) is 0 Å². The number of carbonyl (C=O) groups excluding carboxylic acids is 1. The monoisotopic (exact) mass is 281 g/mol. The number of hydrogen-bond acceptors (Lipinski definition) is 3. The van der Waals surface area contributed by atoms with Gasteiger partial charge < -0.3 is 9.30 Å². The van der Waals surface area contributed by atoms with E-state index in [0.29, 0.717) is 11.5 Å². The number of ether oxygens (including phenoxy) is 1. The number of aromatic nitrogens is 1. The fraction of sp³-hybridized carbons (Fsp3) is 0.250. The van der Waals surface area contributed by atoms with Gasteiger partial charge in [-0.3, -0.25) is 4.79 Å². The summed E-state index contributed by atoms with van der Waals surface area (Å²) in [4.78, 5) is 12.0. The highest BCUT2D eigenvalue weighted by Gasteiger charge is 2.31. The lowest BCUT2D eigenvalue weighted by Gasteiger charge is -2.02. The summed E-state index contributed by atoms with van der Waals surface area (Å²) >= 11 is 0. The van der Waals surface area contributed by atoms with Gasteiger partial charge >= 0.3 is 0 Å². The summed E-state index contributed by atoms with van der Waals surface area (Å²) in [7, 11) is 1.99. The van der Waals surface area contributed by atoms with Crippen LogP contribution in [0.15, 0.2) is 41.1 Å². The molecule has 2 aliphatic rings. The number of amides is 1. The van der Waals surface area contributed by atoms with Gasteiger partial charge in [0.2, 0.25) is 5.90 Å². The quantitative estimate of drug-likeness (QED) is 0.858. The van der Waals surface area contributed by atoms with Gasteiger partial charge in [0.15, 0.2) is 0 Å². The smallest absolute Gasteiger partial charge is 0.277 e. The van der Waals surface area contributed by atoms with Crippen LogP contribution in [0.5, 0.6) is 0 Å². The fourth-order valence-electron chi connectivity index (χ4n) is 2.52. The van der Waals surface area contributed by atoms with E-state index in [9.17, 15) is 4.79 Å². The van der Waals surface area contributed by atoms with E-state index in [4.69, 9.17) is 4.74 Å². The molecule has 5 nitrogen and oxygen atoms in total. The highest BCUT2D eigenvalue weighted by atomic mass is 16.5. The third-order valence-corrected chi connectivity index (χ3v) is 3.76. The molecular formula is C16H15N3O2. The van der Waals surface area contributed by atoms with Crippen LogP contribution in [-0.2, 0) is 16.6 Å². The number of fused-ring (bicyclic) bond motifs is 1. The molecule has 0 spiro atoms. The van der Waals surface area contributed by atoms with Crippen molar-refractivity contribution in [2.24, 2.45) is 12.1 Å². The zero-order valence-corrected chi connectivity index (χ0v) is 11.7. The topological polar surface area (TPSA) is 55.6 Å². The van der Waals surface area contributed by atoms with E-state index in [1.54, 1.807) is 0 Å². The summed E-state index contributed by atoms with van der Waals surface area (Å²) in [6, 6.07) is 8.11. The molecule has 106 valence electrons. The van der Waals surface area contributed by atoms with Crippen molar-refractivity contribution in [3.05, 3.63) is 41.6 Å². The first-order valence-electron chi connectivity index (χ1n) is 7.03. The standard InChI is InChI=1S/C16H15N3O2/c1-19-9-10(12-4-2-3-5-14(12)19)8-13-15(20)17-18-16(13)21-11-6-7-11/h2-5,8-9,11H,6-7H2,1H3,(H,17,20)/b13-8+. The first-order chi connectivity index (χ1) is 10.2. The van der Waals surface area contributed by atoms with E-state index in [0.717, 1.165) is 29.3 Å². The van der Waals surface area contributed by atoms with Crippen molar-refractivity contribution in [2.45, 2.75) is 18.9 Å². The van der Waals surface area contributed by atoms with E-state index in [1.165, 1.54) is 0 Å². The van der Waals surface area contributed by atoms with Gasteiger partial charge in [-0.1, -0.05) is 18.2 Å². The molecule has 0 atom stereocenters. The van der Waals surface area contributed by atoms with Crippen LogP contribution in [0.4, 0.5) is 0 Å². The molecule has 5 heteroatoms. The van der Waals surface area contributed by atoms with Crippen LogP contribution in [0.3, 0.4) is 0 Å². The molecule has 1 amide bonds. The Morgan fingerprint density at radius 1 is 1.38 bits per heavy atom. The molecular weight excluding hydrogens is 266 g/mol. The maximum Gasteiger partial charge on any atom is 0.277 e. The van der Waals surface area contributed by atoms with Gasteiger partial charge in [0.1, 0.15) is 11.7 Å². The molecule has 1 aromatic carbocycles. The van der Waals surface area contributed by atoms with Gasteiger partial charge in [0.05, 0.1) is 0 Å². The van der Waals surface area contributed by atoms with E-state index >= 15 is 0 Å². The molecule has 1 aromatic heterocycles. The summed E-state index contributed by atoms with van der Waals surface area (Å²) in [5.41, 5.74) is 5.10. The molecule has 4 rings (SSSR count). The minimum atomic E-state index is -0.210. The van der Waals surface area contributed by atoms with Gasteiger partial charge in [0, 0.05) is 29.7 Å². The third-order valence-electron chi connectivity index (χ3n) is 3.76. The largest absolute Gasteiger partial charge is 0.473 e. The molecule has 0 saturated heterocycles. The third kappa shape index (κ3) is 2.11. The Bertz CT molecular complexity index is 797. The summed E-state index contributed by atoms with van der Waals surface area (Å²) in [6.07, 6.45) is 6.15. The second-order valence-electron chi connectivity index (χ2n) is 5.45. The van der Waals surface area contributed by atoms with Crippen LogP contribution < -0.4 is 5.43 Å². The number of benzene rings is 1. The zero-order valence-electron chi connectivity index (χ0n) is 11.7. The van der Waals surface area contributed by atoms with E-state index in [2.05, 4.69) is 16.6 Å². The Balaban J connectivity index is 1.77. The van der Waals surface area contributed by atoms with Crippen molar-refractivity contribution < 1.29 is 9.53 Å². The highest BCUT2D eigenvalue weighted by molar-refractivity contribution is 6.25. The van der Waals surface area contributed by atoms with Gasteiger partial charge in [0.25, 0.3) is 5.91 Å². The highest BCUT2D eigenvalue weighted by Crippen LogP contribution is 2.28. The van der Waals surface area contributed by atoms with E-state index in [1.807, 2.05) is 42.1 Å². The lowest BCUT2D eigenvalue weighted by Crippen LogP contribution is -2.14. The summed E-state index contributed by atoms with van der Waals surface area (Å²) in [5.74, 6) is 0.203. The molecule has 0 bridgehead atoms. The predicted octanol–water partition coefficient (Wildman–Crippen LogP) is 2.18. The average molecular weight is 281 g/mol. The first-order valence-corrected chi connectivity index (χ1v) is 7.03. The summed E-state index contributed by atoms with van der Waals surface area (Å²) in [5, 5.41) is 5.09. The number of nitrogens with one attached hydrogen (secondary N) is 1. The average Bonchev–Trinajstić information content (AvgIpc) is 3.17. The van der Waals surface area contributed by atoms with Gasteiger partial charge in [-0.15, -0.1) is 5.10 Å². The van der Waals surface area contributed by atoms with Gasteiger partial charge in [-0.2, -0.15) is 0 Å². The van der Waals surface area contributed by atoms with Crippen LogP contribution in [0.1, 0.15) is 18.4 Å². The molecule has 21 heavy (non-hydrogen) atoms. The Labute approximate surface area is 121 Å². The van der Waals surface area contributed by atoms with Crippen molar-refractivity contribution in [2.75, 3.05) is 0 Å². The molecule has 2 heterocycles. The molecule has 0 radical (unpaired) electrons. The Kier molecular flexibility index (Phi) is 2.60. The van der Waals surface area contributed by atoms with Crippen LogP contribution >= 0.6 is 0 Å². The zero-order chi connectivity index (χ0) is 14.4. The van der Waals surface area contributed by atoms with E-state index < -0.39 is 0 Å². The van der Waals surface area contributed by atoms with Crippen molar-refractivity contribution >= 4 is 28.8 Å². The van der Waals surface area contributed by atoms with Crippen molar-refractivity contribution in [1.82, 2.24) is 9.99 Å². The second kappa shape index (κ2) is 4.48. The van der Waals surface area contributed by atoms with E-state index in [-0.39, 0.29) is 12.0 Å². The minimum absolute atomic E-state index is 0.210. The lowest BCUT2D eigenvalue weighted by molar-refractivity contribution is -0.116. The fourth-order valence-corrected chi connectivity index (χ4v) is 2.52. The number of rotatable bonds is 2. The second-order valence-corrected chi connectivity index (χ2v) is 5.45. The normalized spacial score (nSPS) is 20.0. The molecule has 1 aliphatic carbocycles. The minimum Gasteiger partial charge on any atom is -0.473 e. The molecule has 1 saturated carbocycles. The lowest BCUT2D eigenvalue weighted by atomic mass is 10.1. The predicted molar refractivity (Wildman–Crippen MR) is 80.6 cm³/mol. The molecule has 1 N–H and O–H groups in total. The number of aryl methyl sites for hydroxylation is 1. The van der Waals surface area contributed by atoms with Crippen LogP contribution in [0.2, 0.25) is 0 Å². The molecule has 1 aliphatic heterocycles. The number of nitrogens with zero attached hydrogens (tertiary/aromatic N) is 2. The van der Waals surface area contributed by atoms with Crippen molar-refractivity contribution in [3.63, 3.8) is 0 Å². The number of carbonyl (C=O) groups is 1. The van der Waals surface area contributed by atoms with Gasteiger partial charge in [-0.05, 0) is 25.0 Å². The molecule has 1 fully saturated rings. The van der Waals surface area contributed by atoms with Crippen LogP contribution in [-0.4, -0.2) is 22.5 Å². The maximum atomic E-state index is 12.0. The summed E-state index contributed by atoms with van der Waals surface area (Å²) < 4.78 is 7.74. The maximum absolute atomic E-state index is 12.0.